The molecule has 0 aliphatic heterocycles. The molecule has 0 amide bonds. The second kappa shape index (κ2) is 3.92. The first-order valence-corrected chi connectivity index (χ1v) is 6.15. The van der Waals surface area contributed by atoms with Crippen molar-refractivity contribution >= 4 is 10.0 Å². The molecule has 4 nitrogen and oxygen atoms in total. The molecule has 0 radical (unpaired) electrons. The first kappa shape index (κ1) is 12.2. The summed E-state index contributed by atoms with van der Waals surface area (Å²) in [6.45, 7) is 0.852. The molecule has 84 valence electrons. The molecule has 0 unspecified atom stereocenters. The van der Waals surface area contributed by atoms with Crippen LogP contribution < -0.4 is 5.14 Å². The summed E-state index contributed by atoms with van der Waals surface area (Å²) in [4.78, 5) is 0.160. The van der Waals surface area contributed by atoms with Crippen LogP contribution in [0.4, 0.5) is 0 Å². The Morgan fingerprint density at radius 1 is 1.13 bits per heavy atom. The largest absolute Gasteiger partial charge is 0.327 e. The summed E-state index contributed by atoms with van der Waals surface area (Å²) in [7, 11) is 2.66. The summed E-state index contributed by atoms with van der Waals surface area (Å²) in [6.07, 6.45) is 0. The van der Waals surface area contributed by atoms with Crippen molar-refractivity contribution < 1.29 is 12.9 Å². The van der Waals surface area contributed by atoms with E-state index in [0.717, 1.165) is 16.6 Å². The van der Waals surface area contributed by atoms with E-state index in [9.17, 15) is 8.42 Å². The fourth-order valence-corrected chi connectivity index (χ4v) is 1.85. The predicted octanol–water partition coefficient (Wildman–Crippen LogP) is 0.540. The van der Waals surface area contributed by atoms with Crippen molar-refractivity contribution in [3.63, 3.8) is 0 Å². The lowest BCUT2D eigenvalue weighted by molar-refractivity contribution is -0.884. The van der Waals surface area contributed by atoms with Crippen LogP contribution in [0.2, 0.25) is 0 Å². The van der Waals surface area contributed by atoms with E-state index in [-0.39, 0.29) is 4.90 Å². The number of hydrogen-bond donors (Lipinski definition) is 1. The van der Waals surface area contributed by atoms with Crippen LogP contribution in [-0.2, 0) is 16.6 Å². The Balaban J connectivity index is 2.92. The normalized spacial score (nSPS) is 12.8. The lowest BCUT2D eigenvalue weighted by Crippen LogP contribution is -2.33. The summed E-state index contributed by atoms with van der Waals surface area (Å²) in [5.41, 5.74) is 1.09. The van der Waals surface area contributed by atoms with Crippen LogP contribution in [0.1, 0.15) is 5.56 Å². The maximum absolute atomic E-state index is 11.0. The monoisotopic (exact) mass is 229 g/mol. The number of nitrogens with two attached hydrogens (primary N) is 1. The molecule has 1 aromatic rings. The van der Waals surface area contributed by atoms with Gasteiger partial charge < -0.3 is 4.48 Å². The highest BCUT2D eigenvalue weighted by Crippen LogP contribution is 2.11. The first-order chi connectivity index (χ1) is 6.68. The Bertz CT molecular complexity index is 429. The number of nitrogens with zero attached hydrogens (tertiary/aromatic N) is 1. The van der Waals surface area contributed by atoms with Gasteiger partial charge in [0.05, 0.1) is 26.0 Å². The van der Waals surface area contributed by atoms with Gasteiger partial charge in [0.2, 0.25) is 10.0 Å². The van der Waals surface area contributed by atoms with Gasteiger partial charge in [0, 0.05) is 5.56 Å². The van der Waals surface area contributed by atoms with Gasteiger partial charge in [-0.05, 0) is 12.1 Å². The molecular weight excluding hydrogens is 212 g/mol. The van der Waals surface area contributed by atoms with E-state index in [1.807, 2.05) is 0 Å². The van der Waals surface area contributed by atoms with Gasteiger partial charge in [-0.15, -0.1) is 0 Å². The first-order valence-electron chi connectivity index (χ1n) is 4.61. The van der Waals surface area contributed by atoms with E-state index >= 15 is 0 Å². The smallest absolute Gasteiger partial charge is 0.238 e. The molecule has 0 aliphatic carbocycles. The van der Waals surface area contributed by atoms with Crippen molar-refractivity contribution in [3.8, 4) is 0 Å². The molecule has 5 heteroatoms. The van der Waals surface area contributed by atoms with Crippen LogP contribution in [-0.4, -0.2) is 34.0 Å². The minimum Gasteiger partial charge on any atom is -0.327 e. The lowest BCUT2D eigenvalue weighted by Gasteiger charge is -2.23. The zero-order valence-electron chi connectivity index (χ0n) is 9.27. The molecule has 1 aromatic carbocycles. The van der Waals surface area contributed by atoms with Crippen LogP contribution in [0.25, 0.3) is 0 Å². The van der Waals surface area contributed by atoms with Gasteiger partial charge in [-0.2, -0.15) is 0 Å². The molecule has 0 atom stereocenters. The van der Waals surface area contributed by atoms with Crippen molar-refractivity contribution in [2.45, 2.75) is 11.4 Å². The van der Waals surface area contributed by atoms with Crippen LogP contribution in [0.5, 0.6) is 0 Å². The summed E-state index contributed by atoms with van der Waals surface area (Å²) in [5.74, 6) is 0. The van der Waals surface area contributed by atoms with E-state index in [1.54, 1.807) is 24.3 Å². The topological polar surface area (TPSA) is 60.2 Å². The van der Waals surface area contributed by atoms with Crippen LogP contribution in [0, 0.1) is 0 Å². The third-order valence-electron chi connectivity index (χ3n) is 1.91. The summed E-state index contributed by atoms with van der Waals surface area (Å²) < 4.78 is 22.8. The Kier molecular flexibility index (Phi) is 3.18. The van der Waals surface area contributed by atoms with Gasteiger partial charge in [0.1, 0.15) is 6.54 Å². The van der Waals surface area contributed by atoms with Crippen LogP contribution >= 0.6 is 0 Å². The number of quaternary nitrogens is 1. The van der Waals surface area contributed by atoms with Gasteiger partial charge in [-0.25, -0.2) is 13.6 Å². The molecule has 1 rings (SSSR count). The molecule has 0 saturated carbocycles. The van der Waals surface area contributed by atoms with Gasteiger partial charge in [0.15, 0.2) is 0 Å². The third-order valence-corrected chi connectivity index (χ3v) is 2.84. The molecule has 0 fully saturated rings. The highest BCUT2D eigenvalue weighted by Gasteiger charge is 2.10. The maximum Gasteiger partial charge on any atom is 0.238 e. The third kappa shape index (κ3) is 3.99. The standard InChI is InChI=1S/C10H17N2O2S/c1-12(2,3)8-9-4-6-10(7-5-9)15(11,13)14/h4-7H,8H2,1-3H3,(H2,11,13,14)/q+1. The van der Waals surface area contributed by atoms with Gasteiger partial charge in [0.25, 0.3) is 0 Å². The molecule has 15 heavy (non-hydrogen) atoms. The Morgan fingerprint density at radius 3 is 1.93 bits per heavy atom. The van der Waals surface area contributed by atoms with Crippen molar-refractivity contribution in [2.24, 2.45) is 5.14 Å². The number of hydrogen-bond acceptors (Lipinski definition) is 2. The fourth-order valence-electron chi connectivity index (χ4n) is 1.33. The summed E-state index contributed by atoms with van der Waals surface area (Å²) in [6, 6.07) is 6.67. The number of sulfonamides is 1. The molecule has 2 N–H and O–H groups in total. The zero-order valence-corrected chi connectivity index (χ0v) is 10.1. The molecule has 0 heterocycles. The van der Waals surface area contributed by atoms with Gasteiger partial charge in [-0.3, -0.25) is 0 Å². The number of benzene rings is 1. The van der Waals surface area contributed by atoms with Crippen LogP contribution in [0.3, 0.4) is 0 Å². The van der Waals surface area contributed by atoms with Crippen molar-refractivity contribution in [1.82, 2.24) is 0 Å². The zero-order chi connectivity index (χ0) is 11.7. The van der Waals surface area contributed by atoms with Crippen molar-refractivity contribution in [2.75, 3.05) is 21.1 Å². The van der Waals surface area contributed by atoms with E-state index in [4.69, 9.17) is 5.14 Å². The molecule has 0 aromatic heterocycles. The molecule has 0 aliphatic rings. The highest BCUT2D eigenvalue weighted by atomic mass is 32.2. The molecule has 0 bridgehead atoms. The van der Waals surface area contributed by atoms with Gasteiger partial charge >= 0.3 is 0 Å². The molecular formula is C10H17N2O2S+. The second-order valence-electron chi connectivity index (χ2n) is 4.64. The van der Waals surface area contributed by atoms with E-state index in [1.165, 1.54) is 0 Å². The minimum atomic E-state index is -3.57. The second-order valence-corrected chi connectivity index (χ2v) is 6.20. The van der Waals surface area contributed by atoms with Gasteiger partial charge in [-0.1, -0.05) is 12.1 Å². The lowest BCUT2D eigenvalue weighted by atomic mass is 10.2. The minimum absolute atomic E-state index is 0.160. The molecule has 0 spiro atoms. The quantitative estimate of drug-likeness (QED) is 0.769. The summed E-state index contributed by atoms with van der Waals surface area (Å²) in [5, 5.41) is 5.00. The predicted molar refractivity (Wildman–Crippen MR) is 59.6 cm³/mol. The molecule has 0 saturated heterocycles. The average molecular weight is 229 g/mol. The van der Waals surface area contributed by atoms with Crippen molar-refractivity contribution in [1.29, 1.82) is 0 Å². The Labute approximate surface area is 91.0 Å². The van der Waals surface area contributed by atoms with E-state index < -0.39 is 10.0 Å². The van der Waals surface area contributed by atoms with E-state index in [2.05, 4.69) is 21.1 Å². The summed E-state index contributed by atoms with van der Waals surface area (Å²) >= 11 is 0. The average Bonchev–Trinajstić information content (AvgIpc) is 2.00. The SMILES string of the molecule is C[N+](C)(C)Cc1ccc(S(N)(=O)=O)cc1. The fraction of sp³-hybridized carbons (Fsp3) is 0.400. The van der Waals surface area contributed by atoms with E-state index in [0.29, 0.717) is 0 Å². The number of primary sulfonamides is 1. The van der Waals surface area contributed by atoms with Crippen molar-refractivity contribution in [3.05, 3.63) is 29.8 Å². The maximum atomic E-state index is 11.0. The number of rotatable bonds is 3. The Hall–Kier alpha value is -0.910. The Morgan fingerprint density at radius 2 is 1.60 bits per heavy atom. The van der Waals surface area contributed by atoms with Crippen LogP contribution in [0.15, 0.2) is 29.2 Å². The highest BCUT2D eigenvalue weighted by molar-refractivity contribution is 7.89.